The third-order valence-electron chi connectivity index (χ3n) is 5.68. The van der Waals surface area contributed by atoms with E-state index in [1.807, 2.05) is 49.9 Å². The highest BCUT2D eigenvalue weighted by molar-refractivity contribution is 7.20. The van der Waals surface area contributed by atoms with Gasteiger partial charge in [0.1, 0.15) is 10.7 Å². The molecule has 3 aromatic rings. The first-order chi connectivity index (χ1) is 14.5. The molecule has 0 bridgehead atoms. The van der Waals surface area contributed by atoms with Crippen LogP contribution < -0.4 is 0 Å². The Morgan fingerprint density at radius 1 is 1.13 bits per heavy atom. The van der Waals surface area contributed by atoms with Gasteiger partial charge in [0.25, 0.3) is 5.91 Å². The predicted octanol–water partition coefficient (Wildman–Crippen LogP) is 3.70. The van der Waals surface area contributed by atoms with E-state index in [9.17, 15) is 4.79 Å². The van der Waals surface area contributed by atoms with E-state index in [0.29, 0.717) is 18.7 Å². The molecule has 0 N–H and O–H groups in total. The Balaban J connectivity index is 1.44. The molecule has 0 radical (unpaired) electrons. The normalized spacial score (nSPS) is 14.8. The average Bonchev–Trinajstić information content (AvgIpc) is 3.11. The van der Waals surface area contributed by atoms with E-state index >= 15 is 0 Å². The van der Waals surface area contributed by atoms with Gasteiger partial charge in [0, 0.05) is 50.2 Å². The summed E-state index contributed by atoms with van der Waals surface area (Å²) in [4.78, 5) is 28.5. The third kappa shape index (κ3) is 3.93. The molecule has 0 atom stereocenters. The Bertz CT molecular complexity index is 1120. The number of piperazine rings is 1. The summed E-state index contributed by atoms with van der Waals surface area (Å²) in [7, 11) is 0. The number of amides is 1. The predicted molar refractivity (Wildman–Crippen MR) is 119 cm³/mol. The number of hydrogen-bond donors (Lipinski definition) is 0. The van der Waals surface area contributed by atoms with Crippen LogP contribution in [0, 0.1) is 25.2 Å². The van der Waals surface area contributed by atoms with Gasteiger partial charge in [0.05, 0.1) is 16.5 Å². The number of thiophene rings is 1. The SMILES string of the molecule is CCc1nc(C)c2c(C)c(C(=O)N3CCN(Cc4ccc(C#N)cc4)CC3)sc2n1. The minimum atomic E-state index is 0.103. The maximum atomic E-state index is 13.2. The van der Waals surface area contributed by atoms with Crippen molar-refractivity contribution >= 4 is 27.5 Å². The molecule has 4 rings (SSSR count). The Kier molecular flexibility index (Phi) is 5.80. The maximum absolute atomic E-state index is 13.2. The first-order valence-electron chi connectivity index (χ1n) is 10.3. The van der Waals surface area contributed by atoms with Crippen molar-refractivity contribution in [2.75, 3.05) is 26.2 Å². The van der Waals surface area contributed by atoms with Crippen LogP contribution >= 0.6 is 11.3 Å². The average molecular weight is 420 g/mol. The van der Waals surface area contributed by atoms with E-state index in [0.717, 1.165) is 58.2 Å². The Labute approximate surface area is 180 Å². The zero-order valence-electron chi connectivity index (χ0n) is 17.6. The van der Waals surface area contributed by atoms with Gasteiger partial charge in [-0.05, 0) is 37.1 Å². The van der Waals surface area contributed by atoms with Crippen molar-refractivity contribution in [1.29, 1.82) is 5.26 Å². The fourth-order valence-electron chi connectivity index (χ4n) is 3.95. The van der Waals surface area contributed by atoms with Gasteiger partial charge in [0.2, 0.25) is 0 Å². The number of rotatable bonds is 4. The number of carbonyl (C=O) groups excluding carboxylic acids is 1. The molecule has 1 fully saturated rings. The molecule has 7 heteroatoms. The summed E-state index contributed by atoms with van der Waals surface area (Å²) < 4.78 is 0. The van der Waals surface area contributed by atoms with Gasteiger partial charge in [-0.2, -0.15) is 5.26 Å². The standard InChI is InChI=1S/C23H25N5OS/c1-4-19-25-16(3)20-15(2)21(30-22(20)26-19)23(29)28-11-9-27(10-12-28)14-18-7-5-17(13-24)6-8-18/h5-8H,4,9-12,14H2,1-3H3. The van der Waals surface area contributed by atoms with Crippen molar-refractivity contribution in [3.63, 3.8) is 0 Å². The number of nitriles is 1. The minimum Gasteiger partial charge on any atom is -0.335 e. The molecular weight excluding hydrogens is 394 g/mol. The van der Waals surface area contributed by atoms with Gasteiger partial charge >= 0.3 is 0 Å². The molecule has 154 valence electrons. The highest BCUT2D eigenvalue weighted by Crippen LogP contribution is 2.32. The molecule has 0 saturated carbocycles. The van der Waals surface area contributed by atoms with Crippen molar-refractivity contribution in [3.05, 3.63) is 57.4 Å². The molecule has 1 aromatic carbocycles. The van der Waals surface area contributed by atoms with Crippen molar-refractivity contribution in [2.45, 2.75) is 33.7 Å². The van der Waals surface area contributed by atoms with E-state index in [4.69, 9.17) is 5.26 Å². The molecule has 3 heterocycles. The van der Waals surface area contributed by atoms with Gasteiger partial charge in [-0.1, -0.05) is 19.1 Å². The van der Waals surface area contributed by atoms with Crippen LogP contribution in [0.3, 0.4) is 0 Å². The number of carbonyl (C=O) groups is 1. The second kappa shape index (κ2) is 8.50. The molecule has 0 spiro atoms. The van der Waals surface area contributed by atoms with Crippen LogP contribution in [-0.4, -0.2) is 51.9 Å². The first kappa shape index (κ1) is 20.5. The number of nitrogens with zero attached hydrogens (tertiary/aromatic N) is 5. The van der Waals surface area contributed by atoms with Crippen LogP contribution in [0.15, 0.2) is 24.3 Å². The van der Waals surface area contributed by atoms with E-state index in [-0.39, 0.29) is 5.91 Å². The van der Waals surface area contributed by atoms with Crippen LogP contribution in [0.2, 0.25) is 0 Å². The number of hydrogen-bond acceptors (Lipinski definition) is 6. The van der Waals surface area contributed by atoms with Crippen LogP contribution in [0.25, 0.3) is 10.2 Å². The van der Waals surface area contributed by atoms with Gasteiger partial charge in [0.15, 0.2) is 0 Å². The Morgan fingerprint density at radius 3 is 2.47 bits per heavy atom. The van der Waals surface area contributed by atoms with E-state index in [1.54, 1.807) is 0 Å². The quantitative estimate of drug-likeness (QED) is 0.645. The first-order valence-corrected chi connectivity index (χ1v) is 11.1. The molecule has 2 aromatic heterocycles. The lowest BCUT2D eigenvalue weighted by Crippen LogP contribution is -2.48. The zero-order chi connectivity index (χ0) is 21.3. The molecule has 0 unspecified atom stereocenters. The summed E-state index contributed by atoms with van der Waals surface area (Å²) in [6, 6.07) is 9.87. The lowest BCUT2D eigenvalue weighted by Gasteiger charge is -2.34. The smallest absolute Gasteiger partial charge is 0.264 e. The fraction of sp³-hybridized carbons (Fsp3) is 0.391. The summed E-state index contributed by atoms with van der Waals surface area (Å²) in [6.07, 6.45) is 0.790. The van der Waals surface area contributed by atoms with Crippen LogP contribution in [0.5, 0.6) is 0 Å². The number of aromatic nitrogens is 2. The summed E-state index contributed by atoms with van der Waals surface area (Å²) in [6.45, 7) is 10.0. The second-order valence-electron chi connectivity index (χ2n) is 7.69. The molecule has 1 aliphatic rings. The molecule has 0 aliphatic carbocycles. The summed E-state index contributed by atoms with van der Waals surface area (Å²) in [5, 5.41) is 9.96. The molecule has 1 saturated heterocycles. The Hall–Kier alpha value is -2.82. The highest BCUT2D eigenvalue weighted by atomic mass is 32.1. The van der Waals surface area contributed by atoms with E-state index in [1.165, 1.54) is 16.9 Å². The van der Waals surface area contributed by atoms with Gasteiger partial charge in [-0.15, -0.1) is 11.3 Å². The molecule has 1 amide bonds. The second-order valence-corrected chi connectivity index (χ2v) is 8.69. The van der Waals surface area contributed by atoms with Gasteiger partial charge < -0.3 is 4.90 Å². The lowest BCUT2D eigenvalue weighted by molar-refractivity contribution is 0.0632. The number of aryl methyl sites for hydroxylation is 3. The molecule has 30 heavy (non-hydrogen) atoms. The summed E-state index contributed by atoms with van der Waals surface area (Å²) >= 11 is 1.49. The van der Waals surface area contributed by atoms with Crippen molar-refractivity contribution < 1.29 is 4.79 Å². The zero-order valence-corrected chi connectivity index (χ0v) is 18.4. The number of benzene rings is 1. The fourth-order valence-corrected chi connectivity index (χ4v) is 5.17. The van der Waals surface area contributed by atoms with Crippen molar-refractivity contribution in [1.82, 2.24) is 19.8 Å². The topological polar surface area (TPSA) is 73.1 Å². The van der Waals surface area contributed by atoms with Crippen LogP contribution in [-0.2, 0) is 13.0 Å². The third-order valence-corrected chi connectivity index (χ3v) is 6.85. The molecular formula is C23H25N5OS. The van der Waals surface area contributed by atoms with Crippen molar-refractivity contribution in [3.8, 4) is 6.07 Å². The lowest BCUT2D eigenvalue weighted by atomic mass is 10.1. The van der Waals surface area contributed by atoms with Crippen molar-refractivity contribution in [2.24, 2.45) is 0 Å². The highest BCUT2D eigenvalue weighted by Gasteiger charge is 2.26. The molecule has 6 nitrogen and oxygen atoms in total. The van der Waals surface area contributed by atoms with Crippen LogP contribution in [0.1, 0.15) is 44.8 Å². The monoisotopic (exact) mass is 419 g/mol. The summed E-state index contributed by atoms with van der Waals surface area (Å²) in [5.41, 5.74) is 3.82. The largest absolute Gasteiger partial charge is 0.335 e. The van der Waals surface area contributed by atoms with Crippen LogP contribution in [0.4, 0.5) is 0 Å². The summed E-state index contributed by atoms with van der Waals surface area (Å²) in [5.74, 6) is 0.933. The number of fused-ring (bicyclic) bond motifs is 1. The van der Waals surface area contributed by atoms with E-state index < -0.39 is 0 Å². The Morgan fingerprint density at radius 2 is 1.83 bits per heavy atom. The van der Waals surface area contributed by atoms with E-state index in [2.05, 4.69) is 20.9 Å². The van der Waals surface area contributed by atoms with Gasteiger partial charge in [-0.3, -0.25) is 9.69 Å². The molecule has 1 aliphatic heterocycles. The maximum Gasteiger partial charge on any atom is 0.264 e. The van der Waals surface area contributed by atoms with Gasteiger partial charge in [-0.25, -0.2) is 9.97 Å². The minimum absolute atomic E-state index is 0.103.